The van der Waals surface area contributed by atoms with Crippen LogP contribution >= 0.6 is 35.6 Å². The van der Waals surface area contributed by atoms with Crippen LogP contribution < -0.4 is 0 Å². The summed E-state index contributed by atoms with van der Waals surface area (Å²) in [6.07, 6.45) is 0. The molecule has 0 unspecified atom stereocenters. The van der Waals surface area contributed by atoms with Gasteiger partial charge in [0.25, 0.3) is 0 Å². The van der Waals surface area contributed by atoms with E-state index >= 15 is 0 Å². The zero-order valence-electron chi connectivity index (χ0n) is 3.97. The van der Waals surface area contributed by atoms with Crippen LogP contribution in [0.3, 0.4) is 0 Å². The van der Waals surface area contributed by atoms with Gasteiger partial charge in [-0.3, -0.25) is 0 Å². The molecule has 0 aliphatic carbocycles. The summed E-state index contributed by atoms with van der Waals surface area (Å²) in [6, 6.07) is 0. The minimum Gasteiger partial charge on any atom is -0.247 e. The summed E-state index contributed by atoms with van der Waals surface area (Å²) < 4.78 is 0.750. The molecule has 8 heavy (non-hydrogen) atoms. The van der Waals surface area contributed by atoms with Crippen molar-refractivity contribution in [1.29, 1.82) is 0 Å². The number of thiol groups is 1. The van der Waals surface area contributed by atoms with Crippen LogP contribution in [0.5, 0.6) is 0 Å². The fourth-order valence-electron chi connectivity index (χ4n) is 0.358. The number of aromatic nitrogens is 1. The maximum absolute atomic E-state index is 5.65. The Morgan fingerprint density at radius 3 is 2.88 bits per heavy atom. The predicted octanol–water partition coefficient (Wildman–Crippen LogP) is 2.23. The maximum Gasteiger partial charge on any atom is 0.117 e. The van der Waals surface area contributed by atoms with Crippen molar-refractivity contribution < 1.29 is 0 Å². The zero-order valence-corrected chi connectivity index (χ0v) is 6.43. The molecule has 1 aromatic heterocycles. The molecule has 44 valence electrons. The molecule has 0 aliphatic rings. The molecule has 1 aromatic rings. The lowest BCUT2D eigenvalue weighted by Crippen LogP contribution is -1.73. The second kappa shape index (κ2) is 2.71. The highest BCUT2D eigenvalue weighted by molar-refractivity contribution is 7.79. The summed E-state index contributed by atoms with van der Waals surface area (Å²) in [7, 11) is 0. The molecule has 0 bridgehead atoms. The van der Waals surface area contributed by atoms with Gasteiger partial charge in [0.15, 0.2) is 0 Å². The number of nitrogens with zero attached hydrogens (tertiary/aromatic N) is 1. The molecular formula is C4H4ClNS2. The van der Waals surface area contributed by atoms with Gasteiger partial charge in [0.2, 0.25) is 0 Å². The minimum atomic E-state index is 0.627. The van der Waals surface area contributed by atoms with Crippen LogP contribution in [0, 0.1) is 0 Å². The Morgan fingerprint density at radius 2 is 2.62 bits per heavy atom. The van der Waals surface area contributed by atoms with Crippen LogP contribution in [0.15, 0.2) is 5.51 Å². The fourth-order valence-corrected chi connectivity index (χ4v) is 1.57. The van der Waals surface area contributed by atoms with E-state index in [4.69, 9.17) is 11.6 Å². The van der Waals surface area contributed by atoms with Gasteiger partial charge >= 0.3 is 0 Å². The molecule has 0 spiro atoms. The molecule has 1 rings (SSSR count). The number of hydrogen-bond donors (Lipinski definition) is 1. The van der Waals surface area contributed by atoms with E-state index in [1.807, 2.05) is 0 Å². The van der Waals surface area contributed by atoms with Crippen LogP contribution in [0.2, 0.25) is 4.34 Å². The largest absolute Gasteiger partial charge is 0.247 e. The average molecular weight is 166 g/mol. The van der Waals surface area contributed by atoms with Gasteiger partial charge < -0.3 is 0 Å². The Kier molecular flexibility index (Phi) is 2.16. The Hall–Kier alpha value is 0.270. The van der Waals surface area contributed by atoms with Crippen LogP contribution in [0.4, 0.5) is 0 Å². The van der Waals surface area contributed by atoms with E-state index < -0.39 is 0 Å². The van der Waals surface area contributed by atoms with E-state index in [0.29, 0.717) is 5.75 Å². The number of halogens is 1. The van der Waals surface area contributed by atoms with Gasteiger partial charge in [-0.2, -0.15) is 12.6 Å². The van der Waals surface area contributed by atoms with Crippen molar-refractivity contribution in [2.45, 2.75) is 5.75 Å². The van der Waals surface area contributed by atoms with Crippen molar-refractivity contribution in [2.24, 2.45) is 0 Å². The third-order valence-corrected chi connectivity index (χ3v) is 2.18. The van der Waals surface area contributed by atoms with E-state index in [2.05, 4.69) is 17.6 Å². The fraction of sp³-hybridized carbons (Fsp3) is 0.250. The molecule has 0 amide bonds. The summed E-state index contributed by atoms with van der Waals surface area (Å²) in [5.41, 5.74) is 2.59. The van der Waals surface area contributed by atoms with Gasteiger partial charge in [-0.15, -0.1) is 11.3 Å². The topological polar surface area (TPSA) is 12.9 Å². The molecule has 0 radical (unpaired) electrons. The smallest absolute Gasteiger partial charge is 0.117 e. The Morgan fingerprint density at radius 1 is 1.88 bits per heavy atom. The Balaban J connectivity index is 2.92. The molecule has 0 N–H and O–H groups in total. The molecule has 0 atom stereocenters. The first-order valence-corrected chi connectivity index (χ1v) is 3.92. The van der Waals surface area contributed by atoms with Gasteiger partial charge in [0, 0.05) is 5.75 Å². The van der Waals surface area contributed by atoms with E-state index in [1.165, 1.54) is 11.3 Å². The maximum atomic E-state index is 5.65. The summed E-state index contributed by atoms with van der Waals surface area (Å²) in [5.74, 6) is 0.627. The predicted molar refractivity (Wildman–Crippen MR) is 39.8 cm³/mol. The number of thiazole rings is 1. The first-order chi connectivity index (χ1) is 3.84. The van der Waals surface area contributed by atoms with E-state index in [0.717, 1.165) is 10.0 Å². The Labute approximate surface area is 62.1 Å². The van der Waals surface area contributed by atoms with E-state index in [1.54, 1.807) is 5.51 Å². The van der Waals surface area contributed by atoms with Crippen molar-refractivity contribution in [3.05, 3.63) is 15.5 Å². The Bertz CT molecular complexity index is 174. The summed E-state index contributed by atoms with van der Waals surface area (Å²) >= 11 is 11.1. The molecule has 4 heteroatoms. The highest BCUT2D eigenvalue weighted by Gasteiger charge is 1.97. The lowest BCUT2D eigenvalue weighted by molar-refractivity contribution is 1.24. The molecule has 0 saturated carbocycles. The van der Waals surface area contributed by atoms with Crippen molar-refractivity contribution in [3.63, 3.8) is 0 Å². The van der Waals surface area contributed by atoms with E-state index in [9.17, 15) is 0 Å². The molecule has 0 fully saturated rings. The van der Waals surface area contributed by atoms with E-state index in [-0.39, 0.29) is 0 Å². The third-order valence-electron chi connectivity index (χ3n) is 0.741. The molecule has 1 nitrogen and oxygen atoms in total. The van der Waals surface area contributed by atoms with Gasteiger partial charge in [0.1, 0.15) is 4.34 Å². The van der Waals surface area contributed by atoms with Crippen LogP contribution in [0.25, 0.3) is 0 Å². The molecule has 1 heterocycles. The SMILES string of the molecule is SCc1ncsc1Cl. The van der Waals surface area contributed by atoms with Crippen molar-refractivity contribution in [1.82, 2.24) is 4.98 Å². The highest BCUT2D eigenvalue weighted by atomic mass is 35.5. The summed E-state index contributed by atoms with van der Waals surface area (Å²) in [5, 5.41) is 0. The quantitative estimate of drug-likeness (QED) is 0.630. The minimum absolute atomic E-state index is 0.627. The summed E-state index contributed by atoms with van der Waals surface area (Å²) in [6.45, 7) is 0. The highest BCUT2D eigenvalue weighted by Crippen LogP contribution is 2.20. The van der Waals surface area contributed by atoms with Gasteiger partial charge in [-0.05, 0) is 0 Å². The lowest BCUT2D eigenvalue weighted by Gasteiger charge is -1.83. The van der Waals surface area contributed by atoms with Crippen molar-refractivity contribution >= 4 is 35.6 Å². The standard InChI is InChI=1S/C4H4ClNS2/c5-4-3(1-7)6-2-8-4/h2,7H,1H2. The number of rotatable bonds is 1. The van der Waals surface area contributed by atoms with Crippen LogP contribution in [-0.4, -0.2) is 4.98 Å². The van der Waals surface area contributed by atoms with Crippen molar-refractivity contribution in [2.75, 3.05) is 0 Å². The lowest BCUT2D eigenvalue weighted by atomic mass is 10.6. The normalized spacial score (nSPS) is 9.75. The second-order valence-corrected chi connectivity index (χ2v) is 3.00. The average Bonchev–Trinajstić information content (AvgIpc) is 2.14. The zero-order chi connectivity index (χ0) is 5.98. The molecular weight excluding hydrogens is 162 g/mol. The summed E-state index contributed by atoms with van der Waals surface area (Å²) in [4.78, 5) is 3.94. The van der Waals surface area contributed by atoms with Crippen LogP contribution in [-0.2, 0) is 5.75 Å². The third kappa shape index (κ3) is 1.16. The van der Waals surface area contributed by atoms with Gasteiger partial charge in [0.05, 0.1) is 11.2 Å². The van der Waals surface area contributed by atoms with Crippen LogP contribution in [0.1, 0.15) is 5.69 Å². The monoisotopic (exact) mass is 165 g/mol. The van der Waals surface area contributed by atoms with Crippen molar-refractivity contribution in [3.8, 4) is 0 Å². The first kappa shape index (κ1) is 6.39. The second-order valence-electron chi connectivity index (χ2n) is 1.23. The molecule has 0 saturated heterocycles. The molecule has 0 aromatic carbocycles. The van der Waals surface area contributed by atoms with Gasteiger partial charge in [-0.25, -0.2) is 4.98 Å². The number of hydrogen-bond acceptors (Lipinski definition) is 3. The first-order valence-electron chi connectivity index (χ1n) is 2.03. The molecule has 0 aliphatic heterocycles. The van der Waals surface area contributed by atoms with Gasteiger partial charge in [-0.1, -0.05) is 11.6 Å².